The van der Waals surface area contributed by atoms with Gasteiger partial charge in [-0.25, -0.2) is 4.39 Å². The van der Waals surface area contributed by atoms with Crippen molar-refractivity contribution in [1.29, 1.82) is 0 Å². The van der Waals surface area contributed by atoms with Crippen LogP contribution in [0.1, 0.15) is 24.1 Å². The molecule has 0 aliphatic rings. The molecule has 1 aromatic heterocycles. The van der Waals surface area contributed by atoms with Gasteiger partial charge < -0.3 is 5.32 Å². The number of hydrogen-bond acceptors (Lipinski definition) is 2. The Bertz CT molecular complexity index is 539. The number of benzene rings is 1. The van der Waals surface area contributed by atoms with Crippen LogP contribution in [0.3, 0.4) is 0 Å². The summed E-state index contributed by atoms with van der Waals surface area (Å²) in [4.78, 5) is 0. The fourth-order valence-corrected chi connectivity index (χ4v) is 1.85. The van der Waals surface area contributed by atoms with Crippen molar-refractivity contribution < 1.29 is 4.39 Å². The molecule has 0 saturated heterocycles. The average molecular weight is 268 g/mol. The molecule has 0 spiro atoms. The van der Waals surface area contributed by atoms with Crippen molar-refractivity contribution in [3.8, 4) is 0 Å². The highest BCUT2D eigenvalue weighted by molar-refractivity contribution is 6.30. The molecule has 1 unspecified atom stereocenters. The van der Waals surface area contributed by atoms with Crippen LogP contribution >= 0.6 is 11.6 Å². The van der Waals surface area contributed by atoms with Crippen molar-refractivity contribution in [3.63, 3.8) is 0 Å². The molecule has 1 heterocycles. The van der Waals surface area contributed by atoms with Crippen molar-refractivity contribution in [3.05, 3.63) is 52.6 Å². The van der Waals surface area contributed by atoms with Crippen molar-refractivity contribution in [2.75, 3.05) is 0 Å². The van der Waals surface area contributed by atoms with E-state index in [0.717, 1.165) is 11.1 Å². The van der Waals surface area contributed by atoms with Crippen LogP contribution in [0.15, 0.2) is 30.6 Å². The van der Waals surface area contributed by atoms with Crippen LogP contribution in [0.4, 0.5) is 4.39 Å². The molecule has 0 amide bonds. The van der Waals surface area contributed by atoms with E-state index in [9.17, 15) is 4.39 Å². The zero-order valence-corrected chi connectivity index (χ0v) is 11.1. The van der Waals surface area contributed by atoms with Gasteiger partial charge in [-0.2, -0.15) is 5.10 Å². The average Bonchev–Trinajstić information content (AvgIpc) is 2.75. The number of nitrogens with zero attached hydrogens (tertiary/aromatic N) is 2. The van der Waals surface area contributed by atoms with E-state index in [1.165, 1.54) is 6.07 Å². The molecule has 2 rings (SSSR count). The van der Waals surface area contributed by atoms with Gasteiger partial charge in [-0.1, -0.05) is 17.7 Å². The van der Waals surface area contributed by atoms with E-state index in [2.05, 4.69) is 10.4 Å². The lowest BCUT2D eigenvalue weighted by molar-refractivity contribution is 0.565. The molecule has 5 heteroatoms. The third-order valence-electron chi connectivity index (χ3n) is 2.81. The van der Waals surface area contributed by atoms with Crippen LogP contribution < -0.4 is 5.32 Å². The molecule has 0 saturated carbocycles. The molecule has 1 aromatic carbocycles. The predicted molar refractivity (Wildman–Crippen MR) is 69.9 cm³/mol. The molecule has 96 valence electrons. The summed E-state index contributed by atoms with van der Waals surface area (Å²) in [7, 11) is 1.88. The third-order valence-corrected chi connectivity index (χ3v) is 3.12. The van der Waals surface area contributed by atoms with Gasteiger partial charge in [-0.3, -0.25) is 4.68 Å². The van der Waals surface area contributed by atoms with Gasteiger partial charge in [-0.05, 0) is 24.6 Å². The van der Waals surface area contributed by atoms with E-state index < -0.39 is 0 Å². The van der Waals surface area contributed by atoms with E-state index in [-0.39, 0.29) is 16.9 Å². The van der Waals surface area contributed by atoms with Crippen LogP contribution in [-0.2, 0) is 13.6 Å². The van der Waals surface area contributed by atoms with E-state index >= 15 is 0 Å². The van der Waals surface area contributed by atoms with E-state index in [4.69, 9.17) is 11.6 Å². The SMILES string of the molecule is CC(NCc1cnn(C)c1)c1ccc(Cl)c(F)c1. The van der Waals surface area contributed by atoms with E-state index in [0.29, 0.717) is 6.54 Å². The zero-order valence-electron chi connectivity index (χ0n) is 10.3. The van der Waals surface area contributed by atoms with Crippen molar-refractivity contribution in [1.82, 2.24) is 15.1 Å². The summed E-state index contributed by atoms with van der Waals surface area (Å²) >= 11 is 5.65. The van der Waals surface area contributed by atoms with Crippen molar-refractivity contribution >= 4 is 11.6 Å². The minimum absolute atomic E-state index is 0.0528. The number of halogens is 2. The molecule has 18 heavy (non-hydrogen) atoms. The summed E-state index contributed by atoms with van der Waals surface area (Å²) in [6, 6.07) is 4.92. The van der Waals surface area contributed by atoms with Gasteiger partial charge in [0.05, 0.1) is 11.2 Å². The lowest BCUT2D eigenvalue weighted by atomic mass is 10.1. The van der Waals surface area contributed by atoms with Gasteiger partial charge >= 0.3 is 0 Å². The molecule has 1 N–H and O–H groups in total. The van der Waals surface area contributed by atoms with Gasteiger partial charge in [0.25, 0.3) is 0 Å². The molecule has 0 fully saturated rings. The smallest absolute Gasteiger partial charge is 0.142 e. The first-order valence-corrected chi connectivity index (χ1v) is 6.10. The predicted octanol–water partition coefficient (Wildman–Crippen LogP) is 3.06. The Hall–Kier alpha value is -1.39. The second-order valence-electron chi connectivity index (χ2n) is 4.30. The number of rotatable bonds is 4. The molecule has 1 atom stereocenters. The van der Waals surface area contributed by atoms with Gasteiger partial charge in [0.15, 0.2) is 0 Å². The van der Waals surface area contributed by atoms with Gasteiger partial charge in [0.1, 0.15) is 5.82 Å². The fourth-order valence-electron chi connectivity index (χ4n) is 1.73. The summed E-state index contributed by atoms with van der Waals surface area (Å²) in [6.45, 7) is 2.68. The molecular weight excluding hydrogens is 253 g/mol. The van der Waals surface area contributed by atoms with Gasteiger partial charge in [-0.15, -0.1) is 0 Å². The second-order valence-corrected chi connectivity index (χ2v) is 4.71. The number of nitrogens with one attached hydrogen (secondary N) is 1. The Kier molecular flexibility index (Phi) is 3.99. The van der Waals surface area contributed by atoms with Crippen LogP contribution in [0, 0.1) is 5.82 Å². The van der Waals surface area contributed by atoms with Crippen LogP contribution in [0.2, 0.25) is 5.02 Å². The molecular formula is C13H15ClFN3. The first-order chi connectivity index (χ1) is 8.56. The maximum Gasteiger partial charge on any atom is 0.142 e. The monoisotopic (exact) mass is 267 g/mol. The van der Waals surface area contributed by atoms with Crippen molar-refractivity contribution in [2.45, 2.75) is 19.5 Å². The molecule has 0 aliphatic carbocycles. The Labute approximate surface area is 111 Å². The molecule has 0 aliphatic heterocycles. The lowest BCUT2D eigenvalue weighted by Gasteiger charge is -2.13. The molecule has 0 bridgehead atoms. The minimum Gasteiger partial charge on any atom is -0.306 e. The standard InChI is InChI=1S/C13H15ClFN3/c1-9(11-3-4-12(14)13(15)5-11)16-6-10-7-17-18(2)8-10/h3-5,7-9,16H,6H2,1-2H3. The summed E-state index contributed by atoms with van der Waals surface area (Å²) in [5.74, 6) is -0.385. The van der Waals surface area contributed by atoms with E-state index in [1.54, 1.807) is 10.7 Å². The highest BCUT2D eigenvalue weighted by atomic mass is 35.5. The maximum atomic E-state index is 13.3. The third kappa shape index (κ3) is 3.09. The van der Waals surface area contributed by atoms with Crippen LogP contribution in [-0.4, -0.2) is 9.78 Å². The Morgan fingerprint density at radius 2 is 2.28 bits per heavy atom. The Morgan fingerprint density at radius 1 is 1.50 bits per heavy atom. The second kappa shape index (κ2) is 5.50. The molecule has 3 nitrogen and oxygen atoms in total. The quantitative estimate of drug-likeness (QED) is 0.923. The highest BCUT2D eigenvalue weighted by Crippen LogP contribution is 2.20. The van der Waals surface area contributed by atoms with E-state index in [1.807, 2.05) is 32.4 Å². The fraction of sp³-hybridized carbons (Fsp3) is 0.308. The summed E-state index contributed by atoms with van der Waals surface area (Å²) in [5.41, 5.74) is 1.97. The zero-order chi connectivity index (χ0) is 13.1. The normalized spacial score (nSPS) is 12.7. The minimum atomic E-state index is -0.385. The largest absolute Gasteiger partial charge is 0.306 e. The Morgan fingerprint density at radius 3 is 2.89 bits per heavy atom. The maximum absolute atomic E-state index is 13.3. The topological polar surface area (TPSA) is 29.9 Å². The molecule has 0 radical (unpaired) electrons. The summed E-state index contributed by atoms with van der Waals surface area (Å²) < 4.78 is 15.1. The number of aromatic nitrogens is 2. The summed E-state index contributed by atoms with van der Waals surface area (Å²) in [5, 5.41) is 7.56. The van der Waals surface area contributed by atoms with Gasteiger partial charge in [0.2, 0.25) is 0 Å². The van der Waals surface area contributed by atoms with Crippen LogP contribution in [0.25, 0.3) is 0 Å². The number of hydrogen-bond donors (Lipinski definition) is 1. The number of aryl methyl sites for hydroxylation is 1. The van der Waals surface area contributed by atoms with Crippen molar-refractivity contribution in [2.24, 2.45) is 7.05 Å². The Balaban J connectivity index is 1.99. The molecule has 2 aromatic rings. The lowest BCUT2D eigenvalue weighted by Crippen LogP contribution is -2.17. The highest BCUT2D eigenvalue weighted by Gasteiger charge is 2.08. The first kappa shape index (κ1) is 13.1. The summed E-state index contributed by atoms with van der Waals surface area (Å²) in [6.07, 6.45) is 3.75. The van der Waals surface area contributed by atoms with Gasteiger partial charge in [0, 0.05) is 31.4 Å². The van der Waals surface area contributed by atoms with Crippen LogP contribution in [0.5, 0.6) is 0 Å². The first-order valence-electron chi connectivity index (χ1n) is 5.72.